The number of carboxylic acids is 1. The van der Waals surface area contributed by atoms with Crippen molar-refractivity contribution in [3.05, 3.63) is 58.4 Å². The van der Waals surface area contributed by atoms with Crippen molar-refractivity contribution in [3.63, 3.8) is 0 Å². The summed E-state index contributed by atoms with van der Waals surface area (Å²) < 4.78 is 1.11. The van der Waals surface area contributed by atoms with Crippen LogP contribution in [0.25, 0.3) is 17.2 Å². The van der Waals surface area contributed by atoms with Gasteiger partial charge in [0, 0.05) is 11.1 Å². The minimum atomic E-state index is -1.14. The van der Waals surface area contributed by atoms with Crippen LogP contribution in [0.15, 0.2) is 46.7 Å². The van der Waals surface area contributed by atoms with Crippen molar-refractivity contribution >= 4 is 23.7 Å². The summed E-state index contributed by atoms with van der Waals surface area (Å²) in [5, 5.41) is 9.16. The van der Waals surface area contributed by atoms with Crippen LogP contribution in [0.3, 0.4) is 0 Å². The van der Waals surface area contributed by atoms with Crippen molar-refractivity contribution in [2.24, 2.45) is 10.7 Å². The van der Waals surface area contributed by atoms with Crippen LogP contribution in [-0.4, -0.2) is 21.5 Å². The highest BCUT2D eigenvalue weighted by molar-refractivity contribution is 5.83. The molecule has 1 aromatic carbocycles. The van der Waals surface area contributed by atoms with Gasteiger partial charge in [0.05, 0.1) is 5.84 Å². The normalized spacial score (nSPS) is 11.3. The maximum absolute atomic E-state index is 12.9. The summed E-state index contributed by atoms with van der Waals surface area (Å²) in [5.41, 5.74) is 7.79. The molecule has 0 amide bonds. The molecule has 1 heterocycles. The molecule has 0 unspecified atom stereocenters. The van der Waals surface area contributed by atoms with Gasteiger partial charge in [0.1, 0.15) is 12.4 Å². The summed E-state index contributed by atoms with van der Waals surface area (Å²) in [6, 6.07) is 9.07. The maximum Gasteiger partial charge on any atom is 0.323 e. The zero-order valence-electron chi connectivity index (χ0n) is 13.6. The molecule has 6 nitrogen and oxygen atoms in total. The van der Waals surface area contributed by atoms with Gasteiger partial charge in [0.25, 0.3) is 5.56 Å². The third-order valence-electron chi connectivity index (χ3n) is 3.52. The van der Waals surface area contributed by atoms with E-state index in [1.807, 2.05) is 31.2 Å². The second-order valence-corrected chi connectivity index (χ2v) is 5.39. The molecule has 0 atom stereocenters. The summed E-state index contributed by atoms with van der Waals surface area (Å²) in [6.07, 6.45) is 1.53. The van der Waals surface area contributed by atoms with Crippen LogP contribution in [0.1, 0.15) is 18.1 Å². The number of pyridine rings is 1. The molecule has 2 rings (SSSR count). The van der Waals surface area contributed by atoms with E-state index in [9.17, 15) is 9.59 Å². The number of carbonyl (C=O) groups is 1. The Balaban J connectivity index is 2.88. The molecule has 6 heteroatoms. The highest BCUT2D eigenvalue weighted by Gasteiger charge is 2.17. The zero-order valence-corrected chi connectivity index (χ0v) is 13.6. The molecule has 1 aromatic heterocycles. The van der Waals surface area contributed by atoms with Gasteiger partial charge in [-0.05, 0) is 31.0 Å². The molecule has 2 aromatic rings. The van der Waals surface area contributed by atoms with Crippen LogP contribution < -0.4 is 11.3 Å². The van der Waals surface area contributed by atoms with E-state index >= 15 is 0 Å². The Morgan fingerprint density at radius 3 is 2.58 bits per heavy atom. The SMILES string of the molecule is C=Cc1cc(-c2ccccc2C)c(=O)n(CC(=O)O)c1/N=C(\C)N. The summed E-state index contributed by atoms with van der Waals surface area (Å²) >= 11 is 0. The van der Waals surface area contributed by atoms with Crippen LogP contribution >= 0.6 is 0 Å². The van der Waals surface area contributed by atoms with E-state index in [4.69, 9.17) is 10.8 Å². The molecular weight excluding hydrogens is 306 g/mol. The number of amidine groups is 1. The van der Waals surface area contributed by atoms with E-state index in [2.05, 4.69) is 11.6 Å². The van der Waals surface area contributed by atoms with E-state index in [1.54, 1.807) is 13.0 Å². The fourth-order valence-corrected chi connectivity index (χ4v) is 2.47. The molecule has 0 saturated heterocycles. The first-order chi connectivity index (χ1) is 11.3. The van der Waals surface area contributed by atoms with E-state index in [0.29, 0.717) is 11.1 Å². The molecule has 0 bridgehead atoms. The van der Waals surface area contributed by atoms with Gasteiger partial charge in [-0.2, -0.15) is 0 Å². The largest absolute Gasteiger partial charge is 0.480 e. The predicted molar refractivity (Wildman–Crippen MR) is 95.6 cm³/mol. The number of benzene rings is 1. The lowest BCUT2D eigenvalue weighted by Crippen LogP contribution is -2.26. The molecule has 0 aliphatic rings. The number of hydrogen-bond acceptors (Lipinski definition) is 3. The Kier molecular flexibility index (Phi) is 4.99. The number of hydrogen-bond donors (Lipinski definition) is 2. The molecule has 24 heavy (non-hydrogen) atoms. The van der Waals surface area contributed by atoms with Crippen LogP contribution in [0, 0.1) is 6.92 Å². The average Bonchev–Trinajstić information content (AvgIpc) is 2.51. The van der Waals surface area contributed by atoms with Crippen LogP contribution in [-0.2, 0) is 11.3 Å². The van der Waals surface area contributed by atoms with Crippen molar-refractivity contribution in [2.45, 2.75) is 20.4 Å². The third-order valence-corrected chi connectivity index (χ3v) is 3.52. The Labute approximate surface area is 139 Å². The Bertz CT molecular complexity index is 891. The van der Waals surface area contributed by atoms with Gasteiger partial charge in [-0.1, -0.05) is 36.9 Å². The predicted octanol–water partition coefficient (Wildman–Crippen LogP) is 2.56. The van der Waals surface area contributed by atoms with Crippen LogP contribution in [0.2, 0.25) is 0 Å². The summed E-state index contributed by atoms with van der Waals surface area (Å²) in [5.74, 6) is -0.727. The van der Waals surface area contributed by atoms with Gasteiger partial charge >= 0.3 is 5.97 Å². The molecular formula is C18H19N3O3. The van der Waals surface area contributed by atoms with Crippen molar-refractivity contribution in [1.29, 1.82) is 0 Å². The smallest absolute Gasteiger partial charge is 0.323 e. The monoisotopic (exact) mass is 325 g/mol. The molecule has 124 valence electrons. The average molecular weight is 325 g/mol. The van der Waals surface area contributed by atoms with E-state index < -0.39 is 18.1 Å². The second kappa shape index (κ2) is 6.95. The first kappa shape index (κ1) is 17.2. The van der Waals surface area contributed by atoms with Gasteiger partial charge < -0.3 is 10.8 Å². The quantitative estimate of drug-likeness (QED) is 0.652. The van der Waals surface area contributed by atoms with Crippen LogP contribution in [0.4, 0.5) is 5.82 Å². The van der Waals surface area contributed by atoms with Crippen molar-refractivity contribution in [2.75, 3.05) is 0 Å². The Morgan fingerprint density at radius 2 is 2.04 bits per heavy atom. The number of nitrogens with zero attached hydrogens (tertiary/aromatic N) is 2. The minimum absolute atomic E-state index is 0.190. The molecule has 0 aliphatic heterocycles. The molecule has 0 saturated carbocycles. The number of aromatic nitrogens is 1. The first-order valence-electron chi connectivity index (χ1n) is 7.34. The van der Waals surface area contributed by atoms with Gasteiger partial charge in [-0.15, -0.1) is 0 Å². The summed E-state index contributed by atoms with van der Waals surface area (Å²) in [6.45, 7) is 6.68. The van der Waals surface area contributed by atoms with Gasteiger partial charge in [-0.3, -0.25) is 14.2 Å². The highest BCUT2D eigenvalue weighted by atomic mass is 16.4. The van der Waals surface area contributed by atoms with Crippen molar-refractivity contribution in [1.82, 2.24) is 4.57 Å². The summed E-state index contributed by atoms with van der Waals surface area (Å²) in [7, 11) is 0. The third kappa shape index (κ3) is 3.43. The lowest BCUT2D eigenvalue weighted by Gasteiger charge is -2.14. The van der Waals surface area contributed by atoms with E-state index in [1.165, 1.54) is 6.08 Å². The molecule has 0 spiro atoms. The number of nitrogens with two attached hydrogens (primary N) is 1. The lowest BCUT2D eigenvalue weighted by atomic mass is 10.00. The number of aliphatic imine (C=N–C) groups is 1. The minimum Gasteiger partial charge on any atom is -0.480 e. The Morgan fingerprint density at radius 1 is 1.38 bits per heavy atom. The summed E-state index contributed by atoms with van der Waals surface area (Å²) in [4.78, 5) is 28.2. The topological polar surface area (TPSA) is 97.7 Å². The molecule has 0 aliphatic carbocycles. The maximum atomic E-state index is 12.9. The zero-order chi connectivity index (χ0) is 17.9. The molecule has 0 radical (unpaired) electrons. The van der Waals surface area contributed by atoms with Gasteiger partial charge in [-0.25, -0.2) is 4.99 Å². The van der Waals surface area contributed by atoms with E-state index in [-0.39, 0.29) is 11.7 Å². The fraction of sp³-hybridized carbons (Fsp3) is 0.167. The number of aryl methyl sites for hydroxylation is 1. The highest BCUT2D eigenvalue weighted by Crippen LogP contribution is 2.26. The standard InChI is InChI=1S/C18H19N3O3/c1-4-13-9-15(14-8-6-5-7-11(14)2)18(24)21(10-16(22)23)17(13)20-12(3)19/h4-9H,1,10H2,2-3H3,(H2,19,20)(H,22,23). The van der Waals surface area contributed by atoms with Crippen molar-refractivity contribution < 1.29 is 9.90 Å². The number of carboxylic acid groups (broad SMARTS) is 1. The number of rotatable bonds is 5. The Hall–Kier alpha value is -3.15. The van der Waals surface area contributed by atoms with Crippen molar-refractivity contribution in [3.8, 4) is 11.1 Å². The molecule has 0 fully saturated rings. The van der Waals surface area contributed by atoms with Gasteiger partial charge in [0.2, 0.25) is 0 Å². The first-order valence-corrected chi connectivity index (χ1v) is 7.34. The van der Waals surface area contributed by atoms with E-state index in [0.717, 1.165) is 15.7 Å². The fourth-order valence-electron chi connectivity index (χ4n) is 2.47. The van der Waals surface area contributed by atoms with Gasteiger partial charge in [0.15, 0.2) is 0 Å². The second-order valence-electron chi connectivity index (χ2n) is 5.39. The number of aliphatic carboxylic acids is 1. The molecule has 3 N–H and O–H groups in total. The lowest BCUT2D eigenvalue weighted by molar-refractivity contribution is -0.137. The van der Waals surface area contributed by atoms with Crippen LogP contribution in [0.5, 0.6) is 0 Å².